The molecule has 4 heteroatoms. The molecule has 1 fully saturated rings. The van der Waals surface area contributed by atoms with Crippen LogP contribution in [0, 0.1) is 0 Å². The summed E-state index contributed by atoms with van der Waals surface area (Å²) in [5.41, 5.74) is 0.362. The zero-order valence-corrected chi connectivity index (χ0v) is 12.2. The first-order valence-electron chi connectivity index (χ1n) is 6.25. The Kier molecular flexibility index (Phi) is 4.65. The maximum Gasteiger partial charge on any atom is 0.122 e. The fourth-order valence-electron chi connectivity index (χ4n) is 2.41. The second kappa shape index (κ2) is 6.04. The molecule has 3 nitrogen and oxygen atoms in total. The molecule has 0 aliphatic carbocycles. The molecule has 0 saturated carbocycles. The molecule has 1 aromatic rings. The number of rotatable bonds is 3. The predicted molar refractivity (Wildman–Crippen MR) is 74.0 cm³/mol. The van der Waals surface area contributed by atoms with Crippen molar-refractivity contribution in [3.05, 3.63) is 28.2 Å². The molecule has 1 N–H and O–H groups in total. The van der Waals surface area contributed by atoms with Crippen molar-refractivity contribution in [2.45, 2.75) is 31.3 Å². The Hall–Kier alpha value is -0.580. The summed E-state index contributed by atoms with van der Waals surface area (Å²) in [6.45, 7) is 1.38. The minimum Gasteiger partial charge on any atom is -0.496 e. The molecule has 1 aliphatic heterocycles. The number of hydrogen-bond donors (Lipinski definition) is 1. The molecular formula is C14H19BrO3. The average Bonchev–Trinajstić information content (AvgIpc) is 2.54. The van der Waals surface area contributed by atoms with Crippen LogP contribution in [0.1, 0.15) is 24.8 Å². The Morgan fingerprint density at radius 2 is 2.22 bits per heavy atom. The van der Waals surface area contributed by atoms with Gasteiger partial charge in [-0.25, -0.2) is 0 Å². The average molecular weight is 315 g/mol. The van der Waals surface area contributed by atoms with Crippen molar-refractivity contribution >= 4 is 15.9 Å². The van der Waals surface area contributed by atoms with Crippen molar-refractivity contribution in [2.75, 3.05) is 20.3 Å². The van der Waals surface area contributed by atoms with Crippen LogP contribution in [-0.4, -0.2) is 31.0 Å². The highest BCUT2D eigenvalue weighted by molar-refractivity contribution is 9.10. The first kappa shape index (κ1) is 13.8. The van der Waals surface area contributed by atoms with Crippen LogP contribution in [0.2, 0.25) is 0 Å². The number of benzene rings is 1. The monoisotopic (exact) mass is 314 g/mol. The van der Waals surface area contributed by atoms with Crippen molar-refractivity contribution in [2.24, 2.45) is 0 Å². The van der Waals surface area contributed by atoms with Crippen LogP contribution in [-0.2, 0) is 11.2 Å². The molecule has 0 spiro atoms. The molecule has 1 atom stereocenters. The molecule has 18 heavy (non-hydrogen) atoms. The molecule has 0 aromatic heterocycles. The van der Waals surface area contributed by atoms with Gasteiger partial charge in [0.15, 0.2) is 0 Å². The van der Waals surface area contributed by atoms with E-state index in [1.165, 1.54) is 0 Å². The van der Waals surface area contributed by atoms with E-state index in [-0.39, 0.29) is 0 Å². The van der Waals surface area contributed by atoms with E-state index in [0.29, 0.717) is 19.4 Å². The van der Waals surface area contributed by atoms with Gasteiger partial charge >= 0.3 is 0 Å². The van der Waals surface area contributed by atoms with E-state index < -0.39 is 5.60 Å². The fourth-order valence-corrected chi connectivity index (χ4v) is 2.82. The Morgan fingerprint density at radius 1 is 1.39 bits per heavy atom. The summed E-state index contributed by atoms with van der Waals surface area (Å²) in [4.78, 5) is 0. The van der Waals surface area contributed by atoms with E-state index >= 15 is 0 Å². The van der Waals surface area contributed by atoms with Crippen molar-refractivity contribution in [3.8, 4) is 5.75 Å². The van der Waals surface area contributed by atoms with E-state index in [1.54, 1.807) is 7.11 Å². The fraction of sp³-hybridized carbons (Fsp3) is 0.571. The third-order valence-electron chi connectivity index (χ3n) is 3.40. The highest BCUT2D eigenvalue weighted by Crippen LogP contribution is 2.31. The summed E-state index contributed by atoms with van der Waals surface area (Å²) in [5.74, 6) is 0.830. The maximum absolute atomic E-state index is 10.7. The van der Waals surface area contributed by atoms with Gasteiger partial charge in [0.2, 0.25) is 0 Å². The van der Waals surface area contributed by atoms with Crippen LogP contribution in [0.4, 0.5) is 0 Å². The largest absolute Gasteiger partial charge is 0.496 e. The van der Waals surface area contributed by atoms with Crippen molar-refractivity contribution in [1.82, 2.24) is 0 Å². The third-order valence-corrected chi connectivity index (χ3v) is 3.90. The first-order chi connectivity index (χ1) is 8.63. The molecule has 1 saturated heterocycles. The van der Waals surface area contributed by atoms with Crippen LogP contribution < -0.4 is 4.74 Å². The Morgan fingerprint density at radius 3 is 3.00 bits per heavy atom. The van der Waals surface area contributed by atoms with Gasteiger partial charge in [-0.1, -0.05) is 15.9 Å². The summed E-state index contributed by atoms with van der Waals surface area (Å²) in [6.07, 6.45) is 2.98. The van der Waals surface area contributed by atoms with Gasteiger partial charge in [0, 0.05) is 24.1 Å². The highest BCUT2D eigenvalue weighted by atomic mass is 79.9. The van der Waals surface area contributed by atoms with E-state index in [4.69, 9.17) is 9.47 Å². The second-order valence-corrected chi connectivity index (χ2v) is 5.74. The SMILES string of the molecule is COc1ccc(Br)cc1CC1(O)CCCOCC1. The van der Waals surface area contributed by atoms with Gasteiger partial charge in [-0.3, -0.25) is 0 Å². The van der Waals surface area contributed by atoms with Crippen LogP contribution in [0.15, 0.2) is 22.7 Å². The smallest absolute Gasteiger partial charge is 0.122 e. The third kappa shape index (κ3) is 3.46. The van der Waals surface area contributed by atoms with Gasteiger partial charge < -0.3 is 14.6 Å². The highest BCUT2D eigenvalue weighted by Gasteiger charge is 2.29. The zero-order chi connectivity index (χ0) is 13.0. The molecule has 100 valence electrons. The molecule has 0 bridgehead atoms. The predicted octanol–water partition coefficient (Wildman–Crippen LogP) is 2.93. The summed E-state index contributed by atoms with van der Waals surface area (Å²) >= 11 is 3.46. The molecule has 1 heterocycles. The topological polar surface area (TPSA) is 38.7 Å². The minimum absolute atomic E-state index is 0.610. The normalized spacial score (nSPS) is 24.6. The van der Waals surface area contributed by atoms with E-state index in [1.807, 2.05) is 18.2 Å². The summed E-state index contributed by atoms with van der Waals surface area (Å²) < 4.78 is 11.8. The van der Waals surface area contributed by atoms with E-state index in [0.717, 1.165) is 35.2 Å². The maximum atomic E-state index is 10.7. The first-order valence-corrected chi connectivity index (χ1v) is 7.05. The summed E-state index contributed by atoms with van der Waals surface area (Å²) in [6, 6.07) is 5.89. The van der Waals surface area contributed by atoms with Crippen molar-refractivity contribution < 1.29 is 14.6 Å². The number of ether oxygens (including phenoxy) is 2. The second-order valence-electron chi connectivity index (χ2n) is 4.82. The number of hydrogen-bond acceptors (Lipinski definition) is 3. The van der Waals surface area contributed by atoms with Crippen LogP contribution in [0.5, 0.6) is 5.75 Å². The minimum atomic E-state index is -0.676. The lowest BCUT2D eigenvalue weighted by atomic mass is 9.87. The van der Waals surface area contributed by atoms with Gasteiger partial charge in [-0.2, -0.15) is 0 Å². The molecular weight excluding hydrogens is 296 g/mol. The Bertz CT molecular complexity index is 398. The zero-order valence-electron chi connectivity index (χ0n) is 10.6. The molecule has 0 radical (unpaired) electrons. The van der Waals surface area contributed by atoms with Crippen LogP contribution >= 0.6 is 15.9 Å². The molecule has 1 aromatic carbocycles. The number of aliphatic hydroxyl groups is 1. The standard InChI is InChI=1S/C14H19BrO3/c1-17-13-4-3-12(15)9-11(13)10-14(16)5-2-7-18-8-6-14/h3-4,9,16H,2,5-8,10H2,1H3. The van der Waals surface area contributed by atoms with Crippen LogP contribution in [0.25, 0.3) is 0 Å². The lowest BCUT2D eigenvalue weighted by molar-refractivity contribution is 0.0184. The van der Waals surface area contributed by atoms with Crippen molar-refractivity contribution in [1.29, 1.82) is 0 Å². The van der Waals surface area contributed by atoms with Gasteiger partial charge in [-0.15, -0.1) is 0 Å². The van der Waals surface area contributed by atoms with Crippen molar-refractivity contribution in [3.63, 3.8) is 0 Å². The molecule has 1 aliphatic rings. The van der Waals surface area contributed by atoms with Gasteiger partial charge in [0.05, 0.1) is 12.7 Å². The lowest BCUT2D eigenvalue weighted by Gasteiger charge is -2.27. The molecule has 0 amide bonds. The Balaban J connectivity index is 2.18. The van der Waals surface area contributed by atoms with Crippen LogP contribution in [0.3, 0.4) is 0 Å². The summed E-state index contributed by atoms with van der Waals surface area (Å²) in [5, 5.41) is 10.7. The van der Waals surface area contributed by atoms with Gasteiger partial charge in [0.1, 0.15) is 5.75 Å². The van der Waals surface area contributed by atoms with E-state index in [2.05, 4.69) is 15.9 Å². The number of halogens is 1. The van der Waals surface area contributed by atoms with Gasteiger partial charge in [0.25, 0.3) is 0 Å². The Labute approximate surface area is 116 Å². The quantitative estimate of drug-likeness (QED) is 0.932. The number of methoxy groups -OCH3 is 1. The van der Waals surface area contributed by atoms with Gasteiger partial charge in [-0.05, 0) is 43.0 Å². The molecule has 2 rings (SSSR count). The lowest BCUT2D eigenvalue weighted by Crippen LogP contribution is -2.31. The van der Waals surface area contributed by atoms with E-state index in [9.17, 15) is 5.11 Å². The summed E-state index contributed by atoms with van der Waals surface area (Å²) in [7, 11) is 1.66. The molecule has 1 unspecified atom stereocenters.